The van der Waals surface area contributed by atoms with Crippen LogP contribution in [0.4, 0.5) is 0 Å². The Bertz CT molecular complexity index is 315. The predicted octanol–water partition coefficient (Wildman–Crippen LogP) is 2.48. The first-order valence-corrected chi connectivity index (χ1v) is 7.99. The number of aliphatic hydroxyl groups is 1. The maximum atomic E-state index is 11.8. The Labute approximate surface area is 116 Å². The average Bonchev–Trinajstić information content (AvgIpc) is 2.32. The van der Waals surface area contributed by atoms with Gasteiger partial charge in [-0.3, -0.25) is 4.79 Å². The molecule has 0 heterocycles. The monoisotopic (exact) mass is 265 g/mol. The van der Waals surface area contributed by atoms with E-state index in [1.807, 2.05) is 0 Å². The number of nitrogens with one attached hydrogen (secondary N) is 1. The molecule has 1 unspecified atom stereocenters. The lowest BCUT2D eigenvalue weighted by molar-refractivity contribution is -0.123. The summed E-state index contributed by atoms with van der Waals surface area (Å²) < 4.78 is 0. The van der Waals surface area contributed by atoms with Gasteiger partial charge in [0.1, 0.15) is 0 Å². The topological polar surface area (TPSA) is 49.3 Å². The molecule has 0 radical (unpaired) electrons. The van der Waals surface area contributed by atoms with Gasteiger partial charge in [-0.15, -0.1) is 0 Å². The summed E-state index contributed by atoms with van der Waals surface area (Å²) in [7, 11) is 0. The van der Waals surface area contributed by atoms with Crippen molar-refractivity contribution < 1.29 is 9.90 Å². The minimum Gasteiger partial charge on any atom is -0.393 e. The van der Waals surface area contributed by atoms with Crippen molar-refractivity contribution in [1.82, 2.24) is 5.32 Å². The zero-order chi connectivity index (χ0) is 13.5. The Balaban J connectivity index is 1.51. The van der Waals surface area contributed by atoms with Crippen molar-refractivity contribution in [3.05, 3.63) is 0 Å². The second-order valence-corrected chi connectivity index (χ2v) is 7.58. The number of amides is 1. The molecule has 0 saturated heterocycles. The Morgan fingerprint density at radius 1 is 1.21 bits per heavy atom. The number of aliphatic hydroxyl groups excluding tert-OH is 1. The van der Waals surface area contributed by atoms with Crippen LogP contribution < -0.4 is 5.32 Å². The van der Waals surface area contributed by atoms with Crippen molar-refractivity contribution in [1.29, 1.82) is 0 Å². The van der Waals surface area contributed by atoms with Crippen molar-refractivity contribution in [3.8, 4) is 0 Å². The van der Waals surface area contributed by atoms with Crippen molar-refractivity contribution >= 4 is 5.91 Å². The third-order valence-corrected chi connectivity index (χ3v) is 5.61. The van der Waals surface area contributed by atoms with Crippen LogP contribution in [0.15, 0.2) is 0 Å². The summed E-state index contributed by atoms with van der Waals surface area (Å²) >= 11 is 0. The Morgan fingerprint density at radius 3 is 2.21 bits per heavy atom. The summed E-state index contributed by atoms with van der Waals surface area (Å²) in [6, 6.07) is 0. The summed E-state index contributed by atoms with van der Waals surface area (Å²) in [4.78, 5) is 11.8. The first-order chi connectivity index (χ1) is 9.05. The molecule has 19 heavy (non-hydrogen) atoms. The van der Waals surface area contributed by atoms with Gasteiger partial charge in [0, 0.05) is 13.0 Å². The third-order valence-electron chi connectivity index (χ3n) is 5.61. The standard InChI is InChI=1S/C16H27NO2/c1-11(18)2-3-15(19)17-10-16-7-12-4-13(8-16)6-14(5-12)9-16/h11-14,18H,2-10H2,1H3,(H,17,19). The SMILES string of the molecule is CC(O)CCC(=O)NCC12CC3CC(CC(C3)C1)C2. The van der Waals surface area contributed by atoms with Gasteiger partial charge in [0.05, 0.1) is 6.10 Å². The summed E-state index contributed by atoms with van der Waals surface area (Å²) in [5, 5.41) is 12.4. The van der Waals surface area contributed by atoms with Crippen LogP contribution in [0.1, 0.15) is 58.3 Å². The summed E-state index contributed by atoms with van der Waals surface area (Å²) in [6.07, 6.45) is 9.06. The van der Waals surface area contributed by atoms with E-state index in [0.29, 0.717) is 18.3 Å². The molecule has 0 aromatic carbocycles. The van der Waals surface area contributed by atoms with E-state index in [4.69, 9.17) is 0 Å². The number of carbonyl (C=O) groups is 1. The van der Waals surface area contributed by atoms with Gasteiger partial charge < -0.3 is 10.4 Å². The van der Waals surface area contributed by atoms with E-state index in [1.54, 1.807) is 6.92 Å². The van der Waals surface area contributed by atoms with Crippen LogP contribution >= 0.6 is 0 Å². The number of carbonyl (C=O) groups excluding carboxylic acids is 1. The molecule has 4 saturated carbocycles. The number of hydrogen-bond acceptors (Lipinski definition) is 2. The maximum absolute atomic E-state index is 11.8. The molecule has 1 amide bonds. The largest absolute Gasteiger partial charge is 0.393 e. The summed E-state index contributed by atoms with van der Waals surface area (Å²) in [6.45, 7) is 2.63. The minimum absolute atomic E-state index is 0.122. The normalized spacial score (nSPS) is 41.3. The second kappa shape index (κ2) is 5.08. The first-order valence-electron chi connectivity index (χ1n) is 7.99. The highest BCUT2D eigenvalue weighted by Crippen LogP contribution is 2.59. The molecule has 3 nitrogen and oxygen atoms in total. The molecular weight excluding hydrogens is 238 g/mol. The number of rotatable bonds is 5. The third kappa shape index (κ3) is 2.96. The van der Waals surface area contributed by atoms with Crippen LogP contribution in [-0.2, 0) is 4.79 Å². The fourth-order valence-electron chi connectivity index (χ4n) is 5.22. The molecule has 2 N–H and O–H groups in total. The van der Waals surface area contributed by atoms with Gasteiger partial charge in [-0.2, -0.15) is 0 Å². The first kappa shape index (κ1) is 13.4. The van der Waals surface area contributed by atoms with Gasteiger partial charge in [0.2, 0.25) is 5.91 Å². The van der Waals surface area contributed by atoms with Gasteiger partial charge in [0.25, 0.3) is 0 Å². The van der Waals surface area contributed by atoms with Crippen LogP contribution in [-0.4, -0.2) is 23.7 Å². The quantitative estimate of drug-likeness (QED) is 0.802. The summed E-state index contributed by atoms with van der Waals surface area (Å²) in [5.41, 5.74) is 0.426. The fraction of sp³-hybridized carbons (Fsp3) is 0.938. The molecule has 1 atom stereocenters. The van der Waals surface area contributed by atoms with E-state index in [2.05, 4.69) is 5.32 Å². The highest BCUT2D eigenvalue weighted by atomic mass is 16.3. The molecule has 4 rings (SSSR count). The van der Waals surface area contributed by atoms with Crippen molar-refractivity contribution in [3.63, 3.8) is 0 Å². The fourth-order valence-corrected chi connectivity index (χ4v) is 5.22. The van der Waals surface area contributed by atoms with Crippen LogP contribution in [0.3, 0.4) is 0 Å². The Morgan fingerprint density at radius 2 is 1.74 bits per heavy atom. The lowest BCUT2D eigenvalue weighted by Gasteiger charge is -2.56. The van der Waals surface area contributed by atoms with Crippen LogP contribution in [0.2, 0.25) is 0 Å². The molecule has 4 aliphatic carbocycles. The van der Waals surface area contributed by atoms with Gasteiger partial charge in [-0.25, -0.2) is 0 Å². The van der Waals surface area contributed by atoms with Crippen molar-refractivity contribution in [2.24, 2.45) is 23.2 Å². The Kier molecular flexibility index (Phi) is 3.59. The van der Waals surface area contributed by atoms with E-state index in [1.165, 1.54) is 38.5 Å². The van der Waals surface area contributed by atoms with E-state index in [9.17, 15) is 9.90 Å². The smallest absolute Gasteiger partial charge is 0.220 e. The average molecular weight is 265 g/mol. The lowest BCUT2D eigenvalue weighted by Crippen LogP contribution is -2.51. The lowest BCUT2D eigenvalue weighted by atomic mass is 9.49. The maximum Gasteiger partial charge on any atom is 0.220 e. The molecule has 4 bridgehead atoms. The molecule has 3 heteroatoms. The Hall–Kier alpha value is -0.570. The van der Waals surface area contributed by atoms with Gasteiger partial charge >= 0.3 is 0 Å². The zero-order valence-corrected chi connectivity index (χ0v) is 12.0. The van der Waals surface area contributed by atoms with E-state index in [-0.39, 0.29) is 12.0 Å². The minimum atomic E-state index is -0.370. The van der Waals surface area contributed by atoms with Gasteiger partial charge in [-0.05, 0) is 75.0 Å². The molecule has 0 spiro atoms. The number of hydrogen-bond donors (Lipinski definition) is 2. The zero-order valence-electron chi connectivity index (χ0n) is 12.0. The van der Waals surface area contributed by atoms with Gasteiger partial charge in [-0.1, -0.05) is 0 Å². The van der Waals surface area contributed by atoms with Crippen LogP contribution in [0.25, 0.3) is 0 Å². The van der Waals surface area contributed by atoms with E-state index >= 15 is 0 Å². The van der Waals surface area contributed by atoms with Gasteiger partial charge in [0.15, 0.2) is 0 Å². The molecule has 0 aromatic heterocycles. The molecule has 108 valence electrons. The molecule has 0 aliphatic heterocycles. The van der Waals surface area contributed by atoms with E-state index < -0.39 is 0 Å². The highest BCUT2D eigenvalue weighted by molar-refractivity contribution is 5.75. The van der Waals surface area contributed by atoms with E-state index in [0.717, 1.165) is 24.3 Å². The van der Waals surface area contributed by atoms with Crippen molar-refractivity contribution in [2.75, 3.05) is 6.54 Å². The molecule has 0 aromatic rings. The summed E-state index contributed by atoms with van der Waals surface area (Å²) in [5.74, 6) is 2.96. The molecule has 4 aliphatic rings. The van der Waals surface area contributed by atoms with Crippen LogP contribution in [0.5, 0.6) is 0 Å². The predicted molar refractivity (Wildman–Crippen MR) is 74.5 cm³/mol. The second-order valence-electron chi connectivity index (χ2n) is 7.58. The molecule has 4 fully saturated rings. The van der Waals surface area contributed by atoms with Crippen LogP contribution in [0, 0.1) is 23.2 Å². The highest BCUT2D eigenvalue weighted by Gasteiger charge is 2.50. The van der Waals surface area contributed by atoms with Crippen molar-refractivity contribution in [2.45, 2.75) is 64.4 Å². The molecular formula is C16H27NO2.